The number of aliphatic hydroxyl groups is 1. The van der Waals surface area contributed by atoms with Crippen LogP contribution >= 0.6 is 0 Å². The third-order valence-corrected chi connectivity index (χ3v) is 3.39. The Kier molecular flexibility index (Phi) is 5.36. The highest BCUT2D eigenvalue weighted by Crippen LogP contribution is 2.16. The van der Waals surface area contributed by atoms with Gasteiger partial charge >= 0.3 is 0 Å². The average molecular weight is 249 g/mol. The molecule has 1 rings (SSSR count). The van der Waals surface area contributed by atoms with E-state index in [0.717, 1.165) is 19.5 Å². The van der Waals surface area contributed by atoms with Crippen molar-refractivity contribution >= 4 is 0 Å². The molecule has 0 aromatic heterocycles. The first-order chi connectivity index (χ1) is 8.34. The molecule has 0 saturated carbocycles. The Labute approximate surface area is 112 Å². The first-order valence-electron chi connectivity index (χ1n) is 6.69. The van der Waals surface area contributed by atoms with Crippen molar-refractivity contribution in [1.29, 1.82) is 0 Å². The molecule has 0 unspecified atom stereocenters. The number of aliphatic hydroxyl groups excluding tert-OH is 1. The molecule has 0 spiro atoms. The molecule has 0 aliphatic heterocycles. The number of aryl methyl sites for hydroxylation is 2. The number of nitrogens with zero attached hydrogens (tertiary/aromatic N) is 1. The molecule has 0 atom stereocenters. The van der Waals surface area contributed by atoms with Crippen LogP contribution in [0.4, 0.5) is 0 Å². The van der Waals surface area contributed by atoms with Crippen molar-refractivity contribution < 1.29 is 5.11 Å². The summed E-state index contributed by atoms with van der Waals surface area (Å²) < 4.78 is 0. The fourth-order valence-corrected chi connectivity index (χ4v) is 2.30. The summed E-state index contributed by atoms with van der Waals surface area (Å²) in [6.07, 6.45) is 1.07. The molecule has 0 bridgehead atoms. The van der Waals surface area contributed by atoms with Gasteiger partial charge in [-0.05, 0) is 38.4 Å². The van der Waals surface area contributed by atoms with Gasteiger partial charge in [0.15, 0.2) is 0 Å². The highest BCUT2D eigenvalue weighted by atomic mass is 16.3. The molecule has 0 saturated heterocycles. The summed E-state index contributed by atoms with van der Waals surface area (Å²) >= 11 is 0. The Bertz CT molecular complexity index is 385. The maximum atomic E-state index is 9.28. The van der Waals surface area contributed by atoms with E-state index in [1.165, 1.54) is 16.7 Å². The predicted molar refractivity (Wildman–Crippen MR) is 78.0 cm³/mol. The van der Waals surface area contributed by atoms with E-state index in [9.17, 15) is 5.11 Å². The molecule has 2 heteroatoms. The second-order valence-corrected chi connectivity index (χ2v) is 6.24. The van der Waals surface area contributed by atoms with Crippen LogP contribution in [0.25, 0.3) is 0 Å². The molecule has 102 valence electrons. The molecule has 1 aromatic carbocycles. The van der Waals surface area contributed by atoms with Crippen molar-refractivity contribution in [2.75, 3.05) is 26.7 Å². The number of benzene rings is 1. The zero-order valence-corrected chi connectivity index (χ0v) is 12.5. The minimum Gasteiger partial charge on any atom is -0.396 e. The molecule has 2 nitrogen and oxygen atoms in total. The molecular formula is C16H27NO. The standard InChI is InChI=1S/C16H27NO/c1-13-6-7-15(14(2)10-13)8-9-17(5)11-16(3,4)12-18/h6-7,10,18H,8-9,11-12H2,1-5H3. The summed E-state index contributed by atoms with van der Waals surface area (Å²) in [6.45, 7) is 10.7. The largest absolute Gasteiger partial charge is 0.396 e. The third kappa shape index (κ3) is 4.79. The van der Waals surface area contributed by atoms with E-state index in [-0.39, 0.29) is 12.0 Å². The topological polar surface area (TPSA) is 23.5 Å². The van der Waals surface area contributed by atoms with Gasteiger partial charge in [0.2, 0.25) is 0 Å². The summed E-state index contributed by atoms with van der Waals surface area (Å²) in [5.74, 6) is 0. The Balaban J connectivity index is 2.50. The van der Waals surface area contributed by atoms with Gasteiger partial charge in [-0.1, -0.05) is 37.6 Å². The summed E-state index contributed by atoms with van der Waals surface area (Å²) in [5.41, 5.74) is 4.11. The van der Waals surface area contributed by atoms with Gasteiger partial charge in [-0.15, -0.1) is 0 Å². The van der Waals surface area contributed by atoms with Crippen molar-refractivity contribution in [2.24, 2.45) is 5.41 Å². The molecule has 0 aliphatic rings. The maximum Gasteiger partial charge on any atom is 0.0494 e. The van der Waals surface area contributed by atoms with Crippen LogP contribution in [0.15, 0.2) is 18.2 Å². The van der Waals surface area contributed by atoms with Gasteiger partial charge < -0.3 is 10.0 Å². The van der Waals surface area contributed by atoms with E-state index in [0.29, 0.717) is 0 Å². The van der Waals surface area contributed by atoms with Crippen LogP contribution in [0.5, 0.6) is 0 Å². The van der Waals surface area contributed by atoms with Crippen LogP contribution in [-0.2, 0) is 6.42 Å². The van der Waals surface area contributed by atoms with E-state index >= 15 is 0 Å². The van der Waals surface area contributed by atoms with Crippen LogP contribution in [-0.4, -0.2) is 36.8 Å². The normalized spacial score (nSPS) is 12.2. The quantitative estimate of drug-likeness (QED) is 0.838. The second-order valence-electron chi connectivity index (χ2n) is 6.24. The predicted octanol–water partition coefficient (Wildman–Crippen LogP) is 2.80. The van der Waals surface area contributed by atoms with E-state index in [1.807, 2.05) is 0 Å². The molecule has 18 heavy (non-hydrogen) atoms. The van der Waals surface area contributed by atoms with Crippen molar-refractivity contribution in [3.63, 3.8) is 0 Å². The van der Waals surface area contributed by atoms with Crippen LogP contribution in [0.2, 0.25) is 0 Å². The maximum absolute atomic E-state index is 9.28. The first-order valence-corrected chi connectivity index (χ1v) is 6.69. The Morgan fingerprint density at radius 2 is 1.89 bits per heavy atom. The van der Waals surface area contributed by atoms with Crippen molar-refractivity contribution in [1.82, 2.24) is 4.90 Å². The molecular weight excluding hydrogens is 222 g/mol. The lowest BCUT2D eigenvalue weighted by Gasteiger charge is -2.28. The Hall–Kier alpha value is -0.860. The zero-order valence-electron chi connectivity index (χ0n) is 12.5. The zero-order chi connectivity index (χ0) is 13.8. The summed E-state index contributed by atoms with van der Waals surface area (Å²) in [6, 6.07) is 6.66. The number of hydrogen-bond donors (Lipinski definition) is 1. The summed E-state index contributed by atoms with van der Waals surface area (Å²) in [7, 11) is 2.13. The lowest BCUT2D eigenvalue weighted by molar-refractivity contribution is 0.116. The lowest BCUT2D eigenvalue weighted by atomic mass is 9.94. The van der Waals surface area contributed by atoms with Gasteiger partial charge in [-0.25, -0.2) is 0 Å². The summed E-state index contributed by atoms with van der Waals surface area (Å²) in [4.78, 5) is 2.30. The Morgan fingerprint density at radius 1 is 1.22 bits per heavy atom. The monoisotopic (exact) mass is 249 g/mol. The Morgan fingerprint density at radius 3 is 2.44 bits per heavy atom. The molecule has 0 radical (unpaired) electrons. The number of likely N-dealkylation sites (N-methyl/N-ethyl adjacent to an activating group) is 1. The molecule has 0 fully saturated rings. The lowest BCUT2D eigenvalue weighted by Crippen LogP contribution is -2.35. The van der Waals surface area contributed by atoms with Gasteiger partial charge in [0.1, 0.15) is 0 Å². The van der Waals surface area contributed by atoms with Crippen LogP contribution in [0, 0.1) is 19.3 Å². The molecule has 0 aliphatic carbocycles. The van der Waals surface area contributed by atoms with Gasteiger partial charge in [0, 0.05) is 25.1 Å². The average Bonchev–Trinajstić information content (AvgIpc) is 2.27. The highest BCUT2D eigenvalue weighted by molar-refractivity contribution is 5.30. The van der Waals surface area contributed by atoms with Gasteiger partial charge in [0.25, 0.3) is 0 Å². The van der Waals surface area contributed by atoms with E-state index in [4.69, 9.17) is 0 Å². The van der Waals surface area contributed by atoms with Crippen LogP contribution in [0.3, 0.4) is 0 Å². The molecule has 1 aromatic rings. The van der Waals surface area contributed by atoms with Gasteiger partial charge in [0.05, 0.1) is 0 Å². The van der Waals surface area contributed by atoms with Crippen LogP contribution < -0.4 is 0 Å². The van der Waals surface area contributed by atoms with Crippen molar-refractivity contribution in [2.45, 2.75) is 34.1 Å². The minimum absolute atomic E-state index is 0.0168. The van der Waals surface area contributed by atoms with E-state index in [1.54, 1.807) is 0 Å². The SMILES string of the molecule is Cc1ccc(CCN(C)CC(C)(C)CO)c(C)c1. The number of hydrogen-bond acceptors (Lipinski definition) is 2. The number of rotatable bonds is 6. The highest BCUT2D eigenvalue weighted by Gasteiger charge is 2.18. The van der Waals surface area contributed by atoms with Crippen LogP contribution in [0.1, 0.15) is 30.5 Å². The van der Waals surface area contributed by atoms with Crippen molar-refractivity contribution in [3.05, 3.63) is 34.9 Å². The molecule has 0 heterocycles. The molecule has 1 N–H and O–H groups in total. The minimum atomic E-state index is -0.0168. The second kappa shape index (κ2) is 6.35. The van der Waals surface area contributed by atoms with Crippen molar-refractivity contribution in [3.8, 4) is 0 Å². The van der Waals surface area contributed by atoms with Gasteiger partial charge in [-0.3, -0.25) is 0 Å². The fourth-order valence-electron chi connectivity index (χ4n) is 2.30. The van der Waals surface area contributed by atoms with E-state index < -0.39 is 0 Å². The summed E-state index contributed by atoms with van der Waals surface area (Å²) in [5, 5.41) is 9.28. The van der Waals surface area contributed by atoms with E-state index in [2.05, 4.69) is 57.8 Å². The first kappa shape index (κ1) is 15.2. The molecule has 0 amide bonds. The third-order valence-electron chi connectivity index (χ3n) is 3.39. The van der Waals surface area contributed by atoms with Gasteiger partial charge in [-0.2, -0.15) is 0 Å². The fraction of sp³-hybridized carbons (Fsp3) is 0.625. The smallest absolute Gasteiger partial charge is 0.0494 e.